The lowest BCUT2D eigenvalue weighted by atomic mass is 9.84. The second kappa shape index (κ2) is 9.03. The van der Waals surface area contributed by atoms with Gasteiger partial charge in [-0.1, -0.05) is 83.1 Å². The molecular weight excluding hydrogens is 406 g/mol. The first-order valence-corrected chi connectivity index (χ1v) is 11.7. The Kier molecular flexibility index (Phi) is 6.31. The molecule has 0 aliphatic rings. The molecule has 0 spiro atoms. The third-order valence-electron chi connectivity index (χ3n) is 5.96. The first-order chi connectivity index (χ1) is 15.6. The quantitative estimate of drug-likeness (QED) is 0.359. The van der Waals surface area contributed by atoms with Crippen LogP contribution in [0.3, 0.4) is 0 Å². The number of aryl methyl sites for hydroxylation is 1. The molecule has 4 nitrogen and oxygen atoms in total. The first-order valence-electron chi connectivity index (χ1n) is 11.7. The van der Waals surface area contributed by atoms with E-state index >= 15 is 0 Å². The number of fused-ring (bicyclic) bond motifs is 2. The minimum absolute atomic E-state index is 0.202. The molecule has 0 fully saturated rings. The van der Waals surface area contributed by atoms with Crippen LogP contribution in [0.4, 0.5) is 0 Å². The number of nitrogens with zero attached hydrogens (tertiary/aromatic N) is 2. The molecule has 0 aliphatic heterocycles. The van der Waals surface area contributed by atoms with Gasteiger partial charge in [0.25, 0.3) is 0 Å². The average Bonchev–Trinajstić information content (AvgIpc) is 2.76. The van der Waals surface area contributed by atoms with Gasteiger partial charge in [0.05, 0.1) is 28.5 Å². The lowest BCUT2D eigenvalue weighted by Crippen LogP contribution is -2.47. The Morgan fingerprint density at radius 3 is 2.03 bits per heavy atom. The number of rotatable bonds is 6. The maximum atomic E-state index is 13.0. The van der Waals surface area contributed by atoms with Crippen LogP contribution >= 0.6 is 0 Å². The highest BCUT2D eigenvalue weighted by Crippen LogP contribution is 2.27. The molecule has 3 aromatic carbocycles. The summed E-state index contributed by atoms with van der Waals surface area (Å²) < 4.78 is 0. The summed E-state index contributed by atoms with van der Waals surface area (Å²) in [6, 6.07) is 20.9. The first kappa shape index (κ1) is 23.1. The van der Waals surface area contributed by atoms with Gasteiger partial charge in [-0.3, -0.25) is 4.79 Å². The number of hydrogen-bond acceptors (Lipinski definition) is 4. The summed E-state index contributed by atoms with van der Waals surface area (Å²) in [4.78, 5) is 22.8. The van der Waals surface area contributed by atoms with Gasteiger partial charge in [-0.05, 0) is 41.8 Å². The van der Waals surface area contributed by atoms with Gasteiger partial charge >= 0.3 is 0 Å². The van der Waals surface area contributed by atoms with E-state index in [9.17, 15) is 4.79 Å². The van der Waals surface area contributed by atoms with Crippen molar-refractivity contribution in [2.45, 2.75) is 60.0 Å². The molecule has 1 atom stereocenters. The van der Waals surface area contributed by atoms with Crippen molar-refractivity contribution in [1.29, 1.82) is 0 Å². The zero-order chi connectivity index (χ0) is 23.8. The van der Waals surface area contributed by atoms with Crippen LogP contribution in [0.1, 0.15) is 45.9 Å². The maximum absolute atomic E-state index is 13.0. The summed E-state index contributed by atoms with van der Waals surface area (Å²) in [5.41, 5.74) is 5.40. The normalized spacial score (nSPS) is 13.1. The summed E-state index contributed by atoms with van der Waals surface area (Å²) >= 11 is 0. The summed E-state index contributed by atoms with van der Waals surface area (Å²) in [5, 5.41) is 5.79. The summed E-state index contributed by atoms with van der Waals surface area (Å²) in [6.07, 6.45) is 0.670. The molecule has 1 N–H and O–H groups in total. The topological polar surface area (TPSA) is 54.9 Å². The molecule has 0 amide bonds. The monoisotopic (exact) mass is 439 g/mol. The van der Waals surface area contributed by atoms with Gasteiger partial charge in [-0.15, -0.1) is 0 Å². The average molecular weight is 440 g/mol. The van der Waals surface area contributed by atoms with Crippen LogP contribution in [0.25, 0.3) is 33.1 Å². The van der Waals surface area contributed by atoms with Crippen LogP contribution in [0.2, 0.25) is 0 Å². The predicted molar refractivity (Wildman–Crippen MR) is 137 cm³/mol. The lowest BCUT2D eigenvalue weighted by molar-refractivity contribution is -0.128. The Hall–Kier alpha value is -3.11. The van der Waals surface area contributed by atoms with Gasteiger partial charge in [-0.25, -0.2) is 9.97 Å². The van der Waals surface area contributed by atoms with Crippen molar-refractivity contribution in [2.24, 2.45) is 5.41 Å². The van der Waals surface area contributed by atoms with Crippen LogP contribution in [-0.2, 0) is 11.2 Å². The molecule has 4 rings (SSSR count). The number of carbonyl (C=O) groups is 1. The SMILES string of the molecule is Cc1nc2cc3ccccc3cc2nc1-c1ccc(CC(NC(C)C)C(=O)C(C)(C)C)cc1. The highest BCUT2D eigenvalue weighted by atomic mass is 16.1. The number of aromatic nitrogens is 2. The smallest absolute Gasteiger partial charge is 0.155 e. The highest BCUT2D eigenvalue weighted by Gasteiger charge is 2.30. The van der Waals surface area contributed by atoms with Crippen LogP contribution in [0, 0.1) is 12.3 Å². The molecular formula is C29H33N3O. The van der Waals surface area contributed by atoms with E-state index in [1.54, 1.807) is 0 Å². The Labute approximate surface area is 196 Å². The number of carbonyl (C=O) groups excluding carboxylic acids is 1. The lowest BCUT2D eigenvalue weighted by Gasteiger charge is -2.27. The molecule has 1 unspecified atom stereocenters. The van der Waals surface area contributed by atoms with E-state index in [-0.39, 0.29) is 23.3 Å². The van der Waals surface area contributed by atoms with Gasteiger partial charge in [0.1, 0.15) is 0 Å². The minimum Gasteiger partial charge on any atom is -0.305 e. The molecule has 0 saturated carbocycles. The van der Waals surface area contributed by atoms with Crippen LogP contribution in [-0.4, -0.2) is 27.8 Å². The molecule has 4 aromatic rings. The summed E-state index contributed by atoms with van der Waals surface area (Å²) in [7, 11) is 0. The van der Waals surface area contributed by atoms with Crippen LogP contribution in [0.5, 0.6) is 0 Å². The van der Waals surface area contributed by atoms with Crippen molar-refractivity contribution in [3.63, 3.8) is 0 Å². The predicted octanol–water partition coefficient (Wildman–Crippen LogP) is 6.28. The molecule has 1 aromatic heterocycles. The highest BCUT2D eigenvalue weighted by molar-refractivity contribution is 5.95. The van der Waals surface area contributed by atoms with E-state index in [1.807, 2.05) is 39.8 Å². The van der Waals surface area contributed by atoms with Crippen molar-refractivity contribution < 1.29 is 4.79 Å². The number of ketones is 1. The standard InChI is InChI=1S/C29H33N3O/c1-18(2)30-26(28(33)29(4,5)6)15-20-11-13-21(14-12-20)27-19(3)31-24-16-22-9-7-8-10-23(22)17-25(24)32-27/h7-14,16-18,26,30H,15H2,1-6H3. The van der Waals surface area contributed by atoms with Gasteiger partial charge in [0.2, 0.25) is 0 Å². The molecule has 0 aliphatic carbocycles. The Balaban J connectivity index is 1.63. The second-order valence-electron chi connectivity index (χ2n) is 10.2. The van der Waals surface area contributed by atoms with Gasteiger partial charge in [-0.2, -0.15) is 0 Å². The van der Waals surface area contributed by atoms with Gasteiger partial charge in [0.15, 0.2) is 5.78 Å². The zero-order valence-electron chi connectivity index (χ0n) is 20.4. The van der Waals surface area contributed by atoms with Crippen molar-refractivity contribution in [1.82, 2.24) is 15.3 Å². The Morgan fingerprint density at radius 1 is 0.909 bits per heavy atom. The summed E-state index contributed by atoms with van der Waals surface area (Å²) in [5.74, 6) is 0.240. The van der Waals surface area contributed by atoms with Gasteiger partial charge < -0.3 is 5.32 Å². The molecule has 4 heteroatoms. The van der Waals surface area contributed by atoms with Gasteiger partial charge in [0, 0.05) is 17.0 Å². The van der Waals surface area contributed by atoms with E-state index in [2.05, 4.69) is 67.7 Å². The molecule has 33 heavy (non-hydrogen) atoms. The number of nitrogens with one attached hydrogen (secondary N) is 1. The fourth-order valence-electron chi connectivity index (χ4n) is 4.29. The van der Waals surface area contributed by atoms with Crippen molar-refractivity contribution in [2.75, 3.05) is 0 Å². The third-order valence-corrected chi connectivity index (χ3v) is 5.96. The van der Waals surface area contributed by atoms with E-state index < -0.39 is 0 Å². The van der Waals surface area contributed by atoms with Crippen molar-refractivity contribution in [3.05, 3.63) is 71.9 Å². The fraction of sp³-hybridized carbons (Fsp3) is 0.345. The molecule has 0 saturated heterocycles. The largest absolute Gasteiger partial charge is 0.305 e. The van der Waals surface area contributed by atoms with E-state index in [0.29, 0.717) is 6.42 Å². The fourth-order valence-corrected chi connectivity index (χ4v) is 4.29. The second-order valence-corrected chi connectivity index (χ2v) is 10.2. The minimum atomic E-state index is -0.380. The Bertz CT molecular complexity index is 1300. The number of hydrogen-bond donors (Lipinski definition) is 1. The van der Waals surface area contributed by atoms with Crippen LogP contribution < -0.4 is 5.32 Å². The van der Waals surface area contributed by atoms with Crippen molar-refractivity contribution in [3.8, 4) is 11.3 Å². The van der Waals surface area contributed by atoms with E-state index in [0.717, 1.165) is 38.9 Å². The molecule has 0 bridgehead atoms. The van der Waals surface area contributed by atoms with E-state index in [1.165, 1.54) is 5.39 Å². The maximum Gasteiger partial charge on any atom is 0.155 e. The molecule has 0 radical (unpaired) electrons. The number of Topliss-reactive ketones (excluding diaryl/α,β-unsaturated/α-hetero) is 1. The zero-order valence-corrected chi connectivity index (χ0v) is 20.4. The van der Waals surface area contributed by atoms with Crippen LogP contribution in [0.15, 0.2) is 60.7 Å². The summed E-state index contributed by atoms with van der Waals surface area (Å²) in [6.45, 7) is 12.1. The van der Waals surface area contributed by atoms with Crippen molar-refractivity contribution >= 4 is 27.6 Å². The molecule has 1 heterocycles. The molecule has 170 valence electrons. The third kappa shape index (κ3) is 5.12. The van der Waals surface area contributed by atoms with E-state index in [4.69, 9.17) is 9.97 Å². The Morgan fingerprint density at radius 2 is 1.48 bits per heavy atom. The number of benzene rings is 3.